The summed E-state index contributed by atoms with van der Waals surface area (Å²) < 4.78 is 138. The van der Waals surface area contributed by atoms with Crippen LogP contribution in [0.3, 0.4) is 0 Å². The predicted octanol–water partition coefficient (Wildman–Crippen LogP) is 3.15. The lowest BCUT2D eigenvalue weighted by atomic mass is 9.77. The monoisotopic (exact) mass is 966 g/mol. The van der Waals surface area contributed by atoms with E-state index >= 15 is 0 Å². The third-order valence-corrected chi connectivity index (χ3v) is 14.6. The Hall–Kier alpha value is -4.88. The summed E-state index contributed by atoms with van der Waals surface area (Å²) in [4.78, 5) is 38.4. The van der Waals surface area contributed by atoms with Crippen molar-refractivity contribution in [2.24, 2.45) is 0 Å². The van der Waals surface area contributed by atoms with Gasteiger partial charge < -0.3 is 14.8 Å². The highest BCUT2D eigenvalue weighted by atomic mass is 32.2. The number of hydrogen-bond donors (Lipinski definition) is 4. The molecule has 23 heteroatoms. The van der Waals surface area contributed by atoms with Gasteiger partial charge in [-0.3, -0.25) is 32.9 Å². The fraction of sp³-hybridized carbons (Fsp3) is 0.415. The second-order valence-corrected chi connectivity index (χ2v) is 22.2. The summed E-state index contributed by atoms with van der Waals surface area (Å²) in [6, 6.07) is 8.08. The molecule has 0 saturated carbocycles. The van der Waals surface area contributed by atoms with Gasteiger partial charge in [-0.1, -0.05) is 24.6 Å². The first-order valence-electron chi connectivity index (χ1n) is 20.0. The predicted molar refractivity (Wildman–Crippen MR) is 234 cm³/mol. The van der Waals surface area contributed by atoms with Crippen molar-refractivity contribution >= 4 is 75.3 Å². The van der Waals surface area contributed by atoms with Gasteiger partial charge in [0.2, 0.25) is 11.6 Å². The standard InChI is InChI=1S/C41H50N4O15S4/c1-40(2)31-27-29(63(55,56)57)14-16-33(31)43(22-9-25-61(49,50)51)35(40)11-5-4-6-12-36-41(3,20-8-7-13-37(46)42-21-24-45-38(47)18-19-39(45)48)32-28-30(64(58,59)60)15-17-34(32)44(36)23-10-26-62(52,53)54/h4-6,11-12,14-19,27-28H,7-10,13,20-26H2,1-3H3,(H4-,42,46,49,50,51,52,53,54,55,56,57,58,59,60). The van der Waals surface area contributed by atoms with Crippen molar-refractivity contribution in [1.82, 2.24) is 10.2 Å². The van der Waals surface area contributed by atoms with Crippen molar-refractivity contribution in [2.75, 3.05) is 42.6 Å². The van der Waals surface area contributed by atoms with Crippen LogP contribution in [0.4, 0.5) is 11.4 Å². The topological polar surface area (TPSA) is 293 Å². The largest absolute Gasteiger partial charge is 0.748 e. The molecule has 0 aromatic heterocycles. The lowest BCUT2D eigenvalue weighted by Crippen LogP contribution is -2.38. The number of unbranched alkanes of at least 4 members (excludes halogenated alkanes) is 1. The molecular weight excluding hydrogens is 917 g/mol. The first kappa shape index (κ1) is 50.1. The number of fused-ring (bicyclic) bond motifs is 2. The second kappa shape index (κ2) is 19.3. The van der Waals surface area contributed by atoms with Crippen molar-refractivity contribution < 1.29 is 70.8 Å². The molecule has 0 bridgehead atoms. The number of amides is 3. The van der Waals surface area contributed by atoms with Crippen LogP contribution in [0, 0.1) is 0 Å². The molecule has 2 aromatic rings. The van der Waals surface area contributed by atoms with E-state index in [0.717, 1.165) is 17.1 Å². The van der Waals surface area contributed by atoms with Gasteiger partial charge in [-0.05, 0) is 82.0 Å². The summed E-state index contributed by atoms with van der Waals surface area (Å²) in [5.41, 5.74) is 1.40. The normalized spacial score (nSPS) is 19.5. The van der Waals surface area contributed by atoms with E-state index < -0.39 is 74.6 Å². The Morgan fingerprint density at radius 2 is 1.39 bits per heavy atom. The number of allylic oxidation sites excluding steroid dienone is 6. The molecule has 5 rings (SSSR count). The van der Waals surface area contributed by atoms with Crippen LogP contribution < -0.4 is 10.2 Å². The third-order valence-electron chi connectivity index (χ3n) is 11.3. The van der Waals surface area contributed by atoms with Gasteiger partial charge in [0.15, 0.2) is 5.71 Å². The first-order chi connectivity index (χ1) is 29.6. The van der Waals surface area contributed by atoms with Gasteiger partial charge in [0.25, 0.3) is 42.2 Å². The molecule has 64 heavy (non-hydrogen) atoms. The van der Waals surface area contributed by atoms with Gasteiger partial charge in [-0.15, -0.1) is 0 Å². The maximum atomic E-state index is 12.7. The molecule has 1 unspecified atom stereocenters. The van der Waals surface area contributed by atoms with Crippen LogP contribution in [0.25, 0.3) is 0 Å². The Morgan fingerprint density at radius 1 is 0.766 bits per heavy atom. The lowest BCUT2D eigenvalue weighted by Gasteiger charge is -2.30. The van der Waals surface area contributed by atoms with Crippen LogP contribution in [0.2, 0.25) is 0 Å². The molecule has 2 aromatic carbocycles. The molecule has 0 aliphatic carbocycles. The fourth-order valence-electron chi connectivity index (χ4n) is 8.23. The first-order valence-corrected chi connectivity index (χ1v) is 26.1. The fourth-order valence-corrected chi connectivity index (χ4v) is 10.2. The average Bonchev–Trinajstić information content (AvgIpc) is 3.70. The molecule has 3 heterocycles. The van der Waals surface area contributed by atoms with Crippen LogP contribution in [0.1, 0.15) is 70.4 Å². The van der Waals surface area contributed by atoms with E-state index in [9.17, 15) is 66.3 Å². The summed E-state index contributed by atoms with van der Waals surface area (Å²) in [5, 5.41) is 2.69. The molecular formula is C41H50N4O15S4. The van der Waals surface area contributed by atoms with Gasteiger partial charge in [0.05, 0.1) is 31.1 Å². The van der Waals surface area contributed by atoms with Crippen LogP contribution >= 0.6 is 0 Å². The molecule has 0 spiro atoms. The summed E-state index contributed by atoms with van der Waals surface area (Å²) in [5.74, 6) is -2.49. The van der Waals surface area contributed by atoms with Crippen LogP contribution in [0.15, 0.2) is 94.4 Å². The lowest BCUT2D eigenvalue weighted by molar-refractivity contribution is -0.437. The summed E-state index contributed by atoms with van der Waals surface area (Å²) >= 11 is 0. The zero-order valence-electron chi connectivity index (χ0n) is 35.2. The maximum absolute atomic E-state index is 12.7. The Balaban J connectivity index is 1.45. The minimum absolute atomic E-state index is 0.000341. The smallest absolute Gasteiger partial charge is 0.294 e. The summed E-state index contributed by atoms with van der Waals surface area (Å²) in [7, 11) is -18.1. The highest BCUT2D eigenvalue weighted by molar-refractivity contribution is 7.86. The van der Waals surface area contributed by atoms with E-state index in [0.29, 0.717) is 53.2 Å². The number of rotatable bonds is 21. The van der Waals surface area contributed by atoms with Gasteiger partial charge in [-0.2, -0.15) is 29.8 Å². The van der Waals surface area contributed by atoms with Crippen LogP contribution in [0.5, 0.6) is 0 Å². The highest BCUT2D eigenvalue weighted by Crippen LogP contribution is 2.51. The molecule has 0 fully saturated rings. The summed E-state index contributed by atoms with van der Waals surface area (Å²) in [6.45, 7) is 5.65. The van der Waals surface area contributed by atoms with Crippen molar-refractivity contribution in [1.29, 1.82) is 0 Å². The second-order valence-electron chi connectivity index (χ2n) is 16.2. The number of nitrogens with zero attached hydrogens (tertiary/aromatic N) is 3. The van der Waals surface area contributed by atoms with E-state index in [1.165, 1.54) is 36.4 Å². The highest BCUT2D eigenvalue weighted by Gasteiger charge is 2.46. The molecule has 0 saturated heterocycles. The van der Waals surface area contributed by atoms with E-state index in [1.54, 1.807) is 39.9 Å². The molecule has 4 N–H and O–H groups in total. The van der Waals surface area contributed by atoms with Gasteiger partial charge in [0, 0.05) is 84.9 Å². The molecule has 3 aliphatic heterocycles. The number of carbonyl (C=O) groups is 3. The molecule has 1 atom stereocenters. The Labute approximate surface area is 372 Å². The van der Waals surface area contributed by atoms with Crippen LogP contribution in [-0.2, 0) is 65.7 Å². The minimum atomic E-state index is -4.67. The molecule has 3 aliphatic rings. The number of hydrogen-bond acceptors (Lipinski definition) is 13. The van der Waals surface area contributed by atoms with E-state index in [1.807, 2.05) is 20.8 Å². The molecule has 0 radical (unpaired) electrons. The number of imide groups is 1. The van der Waals surface area contributed by atoms with Gasteiger partial charge in [-0.25, -0.2) is 8.42 Å². The Kier molecular flexibility index (Phi) is 15.1. The zero-order chi connectivity index (χ0) is 47.5. The number of nitrogens with one attached hydrogen (secondary N) is 1. The Morgan fingerprint density at radius 3 is 2.00 bits per heavy atom. The maximum Gasteiger partial charge on any atom is 0.294 e. The van der Waals surface area contributed by atoms with E-state index in [2.05, 4.69) is 5.32 Å². The quantitative estimate of drug-likeness (QED) is 0.0459. The number of carbonyl (C=O) groups excluding carboxylic acids is 3. The van der Waals surface area contributed by atoms with Gasteiger partial charge >= 0.3 is 0 Å². The van der Waals surface area contributed by atoms with E-state index in [4.69, 9.17) is 0 Å². The van der Waals surface area contributed by atoms with Crippen molar-refractivity contribution in [3.8, 4) is 0 Å². The van der Waals surface area contributed by atoms with E-state index in [-0.39, 0.29) is 61.1 Å². The average molecular weight is 967 g/mol. The Bertz CT molecular complexity index is 2810. The molecule has 3 amide bonds. The minimum Gasteiger partial charge on any atom is -0.748 e. The third kappa shape index (κ3) is 12.1. The van der Waals surface area contributed by atoms with Crippen molar-refractivity contribution in [3.05, 3.63) is 95.8 Å². The summed E-state index contributed by atoms with van der Waals surface area (Å²) in [6.07, 6.45) is 11.9. The van der Waals surface area contributed by atoms with Crippen LogP contribution in [-0.4, -0.2) is 122 Å². The van der Waals surface area contributed by atoms with Crippen molar-refractivity contribution in [3.63, 3.8) is 0 Å². The number of benzene rings is 2. The molecule has 19 nitrogen and oxygen atoms in total. The number of anilines is 1. The molecule has 348 valence electrons. The SMILES string of the molecule is CC1(C)C(C=CC=CC=C2N(CCCS(=O)(=O)[O-])c3ccc(S(=O)(=O)O)cc3C2(C)CCCCC(=O)NCCN2C(=O)C=CC2=O)=[N+](CCCS(=O)(=O)O)c2ccc(S(=O)(=O)O)cc21. The zero-order valence-corrected chi connectivity index (χ0v) is 38.5. The van der Waals surface area contributed by atoms with Gasteiger partial charge in [0.1, 0.15) is 6.54 Å². The van der Waals surface area contributed by atoms with Crippen molar-refractivity contribution in [2.45, 2.75) is 79.9 Å².